The Bertz CT molecular complexity index is 149. The molecule has 0 aromatic rings. The lowest BCUT2D eigenvalue weighted by Crippen LogP contribution is -2.31. The first-order valence-corrected chi connectivity index (χ1v) is 11.8. The first-order chi connectivity index (χ1) is 7.86. The van der Waals surface area contributed by atoms with Crippen molar-refractivity contribution in [2.75, 3.05) is 51.1 Å². The summed E-state index contributed by atoms with van der Waals surface area (Å²) in [7, 11) is 0.694. The second-order valence-electron chi connectivity index (χ2n) is 3.52. The number of thioether (sulfide) groups is 3. The average molecular weight is 334 g/mol. The minimum Gasteiger partial charge on any atom is -0.179 e. The smallest absolute Gasteiger partial charge is 0.153 e. The molecule has 0 aromatic heterocycles. The topological polar surface area (TPSA) is 0 Å². The van der Waals surface area contributed by atoms with E-state index < -0.39 is 0 Å². The second-order valence-corrected chi connectivity index (χ2v) is 10.7. The Morgan fingerprint density at radius 2 is 1.94 bits per heavy atom. The lowest BCUT2D eigenvalue weighted by Gasteiger charge is -2.21. The van der Waals surface area contributed by atoms with E-state index in [0.717, 1.165) is 16.8 Å². The summed E-state index contributed by atoms with van der Waals surface area (Å²) in [5.74, 6) is 10.1. The molecule has 1 aliphatic rings. The van der Waals surface area contributed by atoms with Gasteiger partial charge in [0.15, 0.2) is 5.08 Å². The van der Waals surface area contributed by atoms with Crippen molar-refractivity contribution in [3.8, 4) is 0 Å². The van der Waals surface area contributed by atoms with Crippen LogP contribution in [0.15, 0.2) is 0 Å². The van der Waals surface area contributed by atoms with E-state index in [1.165, 1.54) is 39.6 Å². The van der Waals surface area contributed by atoms with Gasteiger partial charge >= 0.3 is 0 Å². The van der Waals surface area contributed by atoms with Crippen LogP contribution < -0.4 is 0 Å². The monoisotopic (exact) mass is 333 g/mol. The third-order valence-electron chi connectivity index (χ3n) is 2.17. The molecule has 0 amide bonds. The van der Waals surface area contributed by atoms with Crippen molar-refractivity contribution in [2.24, 2.45) is 0 Å². The van der Waals surface area contributed by atoms with E-state index in [0.29, 0.717) is 10.9 Å². The fourth-order valence-corrected chi connectivity index (χ4v) is 9.56. The fourth-order valence-electron chi connectivity index (χ4n) is 1.45. The molecule has 0 bridgehead atoms. The molecule has 0 aliphatic carbocycles. The molecule has 0 radical (unpaired) electrons. The maximum atomic E-state index is 4.26. The van der Waals surface area contributed by atoms with Crippen molar-refractivity contribution in [3.05, 3.63) is 0 Å². The third kappa shape index (κ3) is 7.52. The highest BCUT2D eigenvalue weighted by molar-refractivity contribution is 8.16. The van der Waals surface area contributed by atoms with Crippen LogP contribution in [0.3, 0.4) is 0 Å². The molecule has 1 heterocycles. The average Bonchev–Trinajstić information content (AvgIpc) is 2.30. The summed E-state index contributed by atoms with van der Waals surface area (Å²) in [4.78, 5) is 0. The van der Waals surface area contributed by atoms with Crippen LogP contribution in [0.2, 0.25) is 0 Å². The Kier molecular flexibility index (Phi) is 11.1. The molecule has 6 heteroatoms. The molecule has 0 aromatic carbocycles. The van der Waals surface area contributed by atoms with E-state index >= 15 is 0 Å². The highest BCUT2D eigenvalue weighted by Crippen LogP contribution is 2.26. The molecule has 0 nitrogen and oxygen atoms in total. The number of thiol groups is 2. The van der Waals surface area contributed by atoms with E-state index in [-0.39, 0.29) is 0 Å². The first-order valence-electron chi connectivity index (χ1n) is 5.49. The highest BCUT2D eigenvalue weighted by Gasteiger charge is 2.29. The Morgan fingerprint density at radius 3 is 2.69 bits per heavy atom. The van der Waals surface area contributed by atoms with Crippen LogP contribution in [0.4, 0.5) is 0 Å². The molecular formula is C10H21S6+. The fraction of sp³-hybridized carbons (Fsp3) is 1.00. The lowest BCUT2D eigenvalue weighted by molar-refractivity contribution is 1.12. The van der Waals surface area contributed by atoms with Gasteiger partial charge in [0.05, 0.1) is 5.25 Å². The predicted octanol–water partition coefficient (Wildman–Crippen LogP) is 3.00. The van der Waals surface area contributed by atoms with Crippen LogP contribution in [0.5, 0.6) is 0 Å². The van der Waals surface area contributed by atoms with Gasteiger partial charge in [0.25, 0.3) is 0 Å². The number of rotatable bonds is 8. The summed E-state index contributed by atoms with van der Waals surface area (Å²) in [6.45, 7) is 0. The quantitative estimate of drug-likeness (QED) is 0.398. The Labute approximate surface area is 127 Å². The molecule has 2 unspecified atom stereocenters. The van der Waals surface area contributed by atoms with Gasteiger partial charge in [0.1, 0.15) is 11.5 Å². The van der Waals surface area contributed by atoms with Crippen molar-refractivity contribution in [3.63, 3.8) is 0 Å². The van der Waals surface area contributed by atoms with Crippen molar-refractivity contribution in [1.29, 1.82) is 0 Å². The first kappa shape index (κ1) is 16.2. The minimum atomic E-state index is 0.694. The molecule has 0 N–H and O–H groups in total. The van der Waals surface area contributed by atoms with Gasteiger partial charge in [0.2, 0.25) is 0 Å². The summed E-state index contributed by atoms with van der Waals surface area (Å²) in [6, 6.07) is 0. The predicted molar refractivity (Wildman–Crippen MR) is 95.7 cm³/mol. The van der Waals surface area contributed by atoms with Crippen LogP contribution >= 0.6 is 60.5 Å². The molecular weight excluding hydrogens is 313 g/mol. The van der Waals surface area contributed by atoms with Crippen molar-refractivity contribution in [2.45, 2.75) is 5.25 Å². The zero-order valence-corrected chi connectivity index (χ0v) is 14.5. The summed E-state index contributed by atoms with van der Waals surface area (Å²) in [6.07, 6.45) is 0. The van der Waals surface area contributed by atoms with E-state index in [9.17, 15) is 0 Å². The van der Waals surface area contributed by atoms with Gasteiger partial charge in [-0.2, -0.15) is 37.0 Å². The molecule has 16 heavy (non-hydrogen) atoms. The SMILES string of the molecule is SCCSCC1C[S+](CSCCS)CCS1. The highest BCUT2D eigenvalue weighted by atomic mass is 32.2. The molecule has 1 aliphatic heterocycles. The molecule has 2 atom stereocenters. The summed E-state index contributed by atoms with van der Waals surface area (Å²) < 4.78 is 0. The largest absolute Gasteiger partial charge is 0.179 e. The van der Waals surface area contributed by atoms with E-state index in [1.807, 2.05) is 0 Å². The Hall–Kier alpha value is 2.10. The zero-order valence-electron chi connectivity index (χ0n) is 9.47. The van der Waals surface area contributed by atoms with Gasteiger partial charge in [-0.3, -0.25) is 0 Å². The Balaban J connectivity index is 2.09. The van der Waals surface area contributed by atoms with E-state index in [4.69, 9.17) is 0 Å². The minimum absolute atomic E-state index is 0.694. The standard InChI is InChI=1S/C10H20S6/c11-1-3-13-7-10-8-16(6-5-15-10)9-14-4-2-12/h10H,1-9H2,(H-,11,12)/p+1. The third-order valence-corrected chi connectivity index (χ3v) is 10.4. The van der Waals surface area contributed by atoms with Gasteiger partial charge in [-0.1, -0.05) is 0 Å². The van der Waals surface area contributed by atoms with Gasteiger partial charge in [0, 0.05) is 23.0 Å². The molecule has 1 fully saturated rings. The van der Waals surface area contributed by atoms with Crippen LogP contribution in [-0.2, 0) is 10.9 Å². The van der Waals surface area contributed by atoms with Crippen molar-refractivity contribution in [1.82, 2.24) is 0 Å². The zero-order chi connectivity index (χ0) is 11.6. The molecule has 0 saturated carbocycles. The number of hydrogen-bond donors (Lipinski definition) is 2. The summed E-state index contributed by atoms with van der Waals surface area (Å²) in [5, 5.41) is 2.30. The van der Waals surface area contributed by atoms with Gasteiger partial charge < -0.3 is 0 Å². The normalized spacial score (nSPS) is 25.9. The van der Waals surface area contributed by atoms with E-state index in [2.05, 4.69) is 60.5 Å². The van der Waals surface area contributed by atoms with Crippen LogP contribution in [0.25, 0.3) is 0 Å². The summed E-state index contributed by atoms with van der Waals surface area (Å²) in [5.41, 5.74) is 0. The van der Waals surface area contributed by atoms with Crippen LogP contribution in [0, 0.1) is 0 Å². The van der Waals surface area contributed by atoms with Gasteiger partial charge in [-0.05, 0) is 22.4 Å². The molecule has 1 rings (SSSR count). The molecule has 96 valence electrons. The van der Waals surface area contributed by atoms with Crippen molar-refractivity contribution < 1.29 is 0 Å². The van der Waals surface area contributed by atoms with E-state index in [1.54, 1.807) is 0 Å². The number of hydrogen-bond acceptors (Lipinski definition) is 5. The molecule has 0 spiro atoms. The van der Waals surface area contributed by atoms with Crippen LogP contribution in [0.1, 0.15) is 0 Å². The van der Waals surface area contributed by atoms with Crippen molar-refractivity contribution >= 4 is 71.4 Å². The maximum Gasteiger partial charge on any atom is 0.153 e. The maximum absolute atomic E-state index is 4.26. The van der Waals surface area contributed by atoms with Gasteiger partial charge in [-0.15, -0.1) is 23.5 Å². The summed E-state index contributed by atoms with van der Waals surface area (Å²) >= 11 is 14.9. The van der Waals surface area contributed by atoms with Crippen LogP contribution in [-0.4, -0.2) is 56.4 Å². The molecule has 1 saturated heterocycles. The lowest BCUT2D eigenvalue weighted by atomic mass is 10.5. The van der Waals surface area contributed by atoms with Gasteiger partial charge in [-0.25, -0.2) is 0 Å². The second kappa shape index (κ2) is 11.0. The Morgan fingerprint density at radius 1 is 1.19 bits per heavy atom.